The van der Waals surface area contributed by atoms with Crippen LogP contribution < -0.4 is 0 Å². The molecular weight excluding hydrogens is 453 g/mol. The maximum atomic E-state index is 13.2. The Balaban J connectivity index is 1.74. The van der Waals surface area contributed by atoms with Crippen molar-refractivity contribution in [3.63, 3.8) is 0 Å². The van der Waals surface area contributed by atoms with Crippen molar-refractivity contribution in [2.75, 3.05) is 6.54 Å². The van der Waals surface area contributed by atoms with Gasteiger partial charge >= 0.3 is 5.97 Å². The molecule has 7 nitrogen and oxygen atoms in total. The van der Waals surface area contributed by atoms with Gasteiger partial charge in [-0.1, -0.05) is 59.1 Å². The number of halogens is 3. The third kappa shape index (κ3) is 3.49. The van der Waals surface area contributed by atoms with Crippen LogP contribution in [0.3, 0.4) is 0 Å². The van der Waals surface area contributed by atoms with E-state index >= 15 is 0 Å². The quantitative estimate of drug-likeness (QED) is 0.598. The molecule has 4 rings (SSSR count). The number of carbonyl (C=O) groups excluding carboxylic acids is 1. The summed E-state index contributed by atoms with van der Waals surface area (Å²) in [6, 6.07) is 8.78. The van der Waals surface area contributed by atoms with Crippen LogP contribution in [0, 0.1) is 0 Å². The van der Waals surface area contributed by atoms with Crippen LogP contribution in [-0.4, -0.2) is 43.3 Å². The fourth-order valence-corrected chi connectivity index (χ4v) is 4.56. The largest absolute Gasteiger partial charge is 0.504 e. The highest BCUT2D eigenvalue weighted by Gasteiger charge is 2.38. The van der Waals surface area contributed by atoms with E-state index in [2.05, 4.69) is 5.10 Å². The molecule has 0 radical (unpaired) electrons. The first-order valence-corrected chi connectivity index (χ1v) is 9.96. The first-order valence-electron chi connectivity index (χ1n) is 8.83. The number of aromatic nitrogens is 2. The Bertz CT molecular complexity index is 1150. The van der Waals surface area contributed by atoms with Crippen LogP contribution >= 0.6 is 34.8 Å². The van der Waals surface area contributed by atoms with Crippen LogP contribution in [0.25, 0.3) is 5.69 Å². The van der Waals surface area contributed by atoms with Crippen molar-refractivity contribution in [3.05, 3.63) is 74.5 Å². The Hall–Kier alpha value is -2.74. The van der Waals surface area contributed by atoms with E-state index in [1.165, 1.54) is 23.2 Å². The summed E-state index contributed by atoms with van der Waals surface area (Å²) in [5, 5.41) is 24.9. The van der Waals surface area contributed by atoms with Gasteiger partial charge in [0.05, 0.1) is 16.2 Å². The summed E-state index contributed by atoms with van der Waals surface area (Å²) in [5.74, 6) is -2.31. The number of hydrogen-bond acceptors (Lipinski definition) is 4. The lowest BCUT2D eigenvalue weighted by molar-refractivity contribution is -0.143. The van der Waals surface area contributed by atoms with E-state index in [0.717, 1.165) is 10.2 Å². The van der Waals surface area contributed by atoms with E-state index in [4.69, 9.17) is 34.8 Å². The molecule has 3 aromatic rings. The van der Waals surface area contributed by atoms with Gasteiger partial charge in [-0.15, -0.1) is 0 Å². The minimum Gasteiger partial charge on any atom is -0.504 e. The highest BCUT2D eigenvalue weighted by atomic mass is 35.5. The SMILES string of the molecule is O=C(O)C1c2ccccc2CCN1C(=O)c1nn(-c2c(Cl)cc(Cl)cc2Cl)cc1O. The summed E-state index contributed by atoms with van der Waals surface area (Å²) in [6.45, 7) is 0.168. The van der Waals surface area contributed by atoms with Crippen molar-refractivity contribution < 1.29 is 19.8 Å². The molecule has 1 unspecified atom stereocenters. The lowest BCUT2D eigenvalue weighted by Crippen LogP contribution is -2.43. The first kappa shape index (κ1) is 20.5. The normalized spacial score (nSPS) is 15.7. The molecule has 2 N–H and O–H groups in total. The number of rotatable bonds is 3. The summed E-state index contributed by atoms with van der Waals surface area (Å²) >= 11 is 18.3. The molecule has 0 aliphatic carbocycles. The summed E-state index contributed by atoms with van der Waals surface area (Å²) in [5.41, 5.74) is 1.33. The molecule has 2 aromatic carbocycles. The molecule has 1 atom stereocenters. The van der Waals surface area contributed by atoms with Gasteiger partial charge in [-0.2, -0.15) is 5.10 Å². The lowest BCUT2D eigenvalue weighted by atomic mass is 9.92. The van der Waals surface area contributed by atoms with Crippen molar-refractivity contribution in [2.24, 2.45) is 0 Å². The average molecular weight is 467 g/mol. The Morgan fingerprint density at radius 3 is 2.43 bits per heavy atom. The van der Waals surface area contributed by atoms with Crippen molar-refractivity contribution in [1.29, 1.82) is 0 Å². The number of carboxylic acid groups (broad SMARTS) is 1. The molecule has 154 valence electrons. The van der Waals surface area contributed by atoms with Crippen LogP contribution in [0.4, 0.5) is 0 Å². The predicted molar refractivity (Wildman–Crippen MR) is 112 cm³/mol. The van der Waals surface area contributed by atoms with E-state index in [9.17, 15) is 19.8 Å². The zero-order valence-electron chi connectivity index (χ0n) is 15.2. The van der Waals surface area contributed by atoms with Gasteiger partial charge in [-0.25, -0.2) is 9.48 Å². The third-order valence-electron chi connectivity index (χ3n) is 4.89. The van der Waals surface area contributed by atoms with Crippen LogP contribution in [0.5, 0.6) is 5.75 Å². The second-order valence-corrected chi connectivity index (χ2v) is 7.96. The molecule has 1 amide bonds. The maximum absolute atomic E-state index is 13.2. The van der Waals surface area contributed by atoms with E-state index in [-0.39, 0.29) is 28.0 Å². The second-order valence-electron chi connectivity index (χ2n) is 6.71. The minimum absolute atomic E-state index is 0.168. The van der Waals surface area contributed by atoms with Crippen molar-refractivity contribution in [2.45, 2.75) is 12.5 Å². The molecule has 1 aromatic heterocycles. The van der Waals surface area contributed by atoms with Crippen LogP contribution in [0.15, 0.2) is 42.6 Å². The van der Waals surface area contributed by atoms with Gasteiger partial charge in [0.15, 0.2) is 17.5 Å². The van der Waals surface area contributed by atoms with Gasteiger partial charge in [0.2, 0.25) is 0 Å². The lowest BCUT2D eigenvalue weighted by Gasteiger charge is -2.34. The van der Waals surface area contributed by atoms with Crippen LogP contribution in [0.1, 0.15) is 27.7 Å². The molecule has 2 heterocycles. The molecule has 0 bridgehead atoms. The molecular formula is C20H14Cl3N3O4. The molecule has 0 saturated heterocycles. The number of benzene rings is 2. The molecule has 0 fully saturated rings. The van der Waals surface area contributed by atoms with Gasteiger partial charge in [-0.05, 0) is 29.7 Å². The number of carbonyl (C=O) groups is 2. The number of hydrogen-bond donors (Lipinski definition) is 2. The van der Waals surface area contributed by atoms with Gasteiger partial charge in [-0.3, -0.25) is 4.79 Å². The maximum Gasteiger partial charge on any atom is 0.331 e. The summed E-state index contributed by atoms with van der Waals surface area (Å²) in [6.07, 6.45) is 1.67. The summed E-state index contributed by atoms with van der Waals surface area (Å²) in [4.78, 5) is 26.3. The molecule has 1 aliphatic rings. The van der Waals surface area contributed by atoms with Crippen molar-refractivity contribution in [3.8, 4) is 11.4 Å². The highest BCUT2D eigenvalue weighted by molar-refractivity contribution is 6.40. The monoisotopic (exact) mass is 465 g/mol. The number of carboxylic acids is 1. The summed E-state index contributed by atoms with van der Waals surface area (Å²) < 4.78 is 1.16. The average Bonchev–Trinajstić information content (AvgIpc) is 3.06. The summed E-state index contributed by atoms with van der Waals surface area (Å²) in [7, 11) is 0. The topological polar surface area (TPSA) is 95.7 Å². The van der Waals surface area contributed by atoms with E-state index in [0.29, 0.717) is 17.0 Å². The number of nitrogens with zero attached hydrogens (tertiary/aromatic N) is 3. The van der Waals surface area contributed by atoms with Crippen LogP contribution in [-0.2, 0) is 11.2 Å². The third-order valence-corrected chi connectivity index (χ3v) is 5.68. The smallest absolute Gasteiger partial charge is 0.331 e. The fourth-order valence-electron chi connectivity index (χ4n) is 3.57. The van der Waals surface area contributed by atoms with Crippen LogP contribution in [0.2, 0.25) is 15.1 Å². The van der Waals surface area contributed by atoms with Crippen molar-refractivity contribution >= 4 is 46.7 Å². The zero-order valence-corrected chi connectivity index (χ0v) is 17.5. The Morgan fingerprint density at radius 1 is 1.10 bits per heavy atom. The molecule has 10 heteroatoms. The Labute approximate surface area is 186 Å². The molecule has 0 spiro atoms. The van der Waals surface area contributed by atoms with E-state index in [1.54, 1.807) is 12.1 Å². The standard InChI is InChI=1S/C20H14Cl3N3O4/c21-11-7-13(22)18(14(23)8-11)26-9-15(27)16(24-26)19(28)25-6-5-10-3-1-2-4-12(10)17(25)20(29)30/h1-4,7-9,17,27H,5-6H2,(H,29,30). The molecule has 1 aliphatic heterocycles. The van der Waals surface area contributed by atoms with Gasteiger partial charge in [0.25, 0.3) is 5.91 Å². The fraction of sp³-hybridized carbons (Fsp3) is 0.150. The molecule has 30 heavy (non-hydrogen) atoms. The zero-order chi connectivity index (χ0) is 21.6. The predicted octanol–water partition coefficient (Wildman–Crippen LogP) is 4.36. The van der Waals surface area contributed by atoms with E-state index < -0.39 is 23.7 Å². The number of aromatic hydroxyl groups is 1. The van der Waals surface area contributed by atoms with Crippen molar-refractivity contribution in [1.82, 2.24) is 14.7 Å². The first-order chi connectivity index (χ1) is 14.3. The minimum atomic E-state index is -1.19. The number of aliphatic carboxylic acids is 1. The Morgan fingerprint density at radius 2 is 1.77 bits per heavy atom. The van der Waals surface area contributed by atoms with E-state index in [1.807, 2.05) is 12.1 Å². The second kappa shape index (κ2) is 7.83. The Kier molecular flexibility index (Phi) is 5.36. The highest BCUT2D eigenvalue weighted by Crippen LogP contribution is 2.35. The van der Waals surface area contributed by atoms with Gasteiger partial charge < -0.3 is 15.1 Å². The van der Waals surface area contributed by atoms with Gasteiger partial charge in [0.1, 0.15) is 5.69 Å². The number of fused-ring (bicyclic) bond motifs is 1. The molecule has 0 saturated carbocycles. The number of amides is 1. The van der Waals surface area contributed by atoms with Gasteiger partial charge in [0, 0.05) is 11.6 Å².